The Morgan fingerprint density at radius 2 is 1.79 bits per heavy atom. The Hall–Kier alpha value is -1.44. The van der Waals surface area contributed by atoms with E-state index in [-0.39, 0.29) is 16.6 Å². The van der Waals surface area contributed by atoms with Gasteiger partial charge in [0.2, 0.25) is 0 Å². The normalized spacial score (nSPS) is 16.6. The van der Waals surface area contributed by atoms with Gasteiger partial charge in [-0.2, -0.15) is 0 Å². The molecule has 0 atom stereocenters. The van der Waals surface area contributed by atoms with Crippen molar-refractivity contribution in [1.29, 1.82) is 0 Å². The van der Waals surface area contributed by atoms with Crippen molar-refractivity contribution in [2.24, 2.45) is 0 Å². The molecule has 0 aromatic heterocycles. The predicted octanol–water partition coefficient (Wildman–Crippen LogP) is 1.54. The first-order valence-corrected chi connectivity index (χ1v) is 7.48. The van der Waals surface area contributed by atoms with Gasteiger partial charge in [-0.05, 0) is 37.1 Å². The molecule has 0 heterocycles. The molecule has 0 aliphatic heterocycles. The van der Waals surface area contributed by atoms with Crippen molar-refractivity contribution >= 4 is 16.0 Å². The summed E-state index contributed by atoms with van der Waals surface area (Å²) >= 11 is 0. The highest BCUT2D eigenvalue weighted by atomic mass is 32.2. The predicted molar refractivity (Wildman–Crippen MR) is 67.1 cm³/mol. The molecule has 0 unspecified atom stereocenters. The number of hydrogen-bond donors (Lipinski definition) is 2. The minimum atomic E-state index is -3.76. The van der Waals surface area contributed by atoms with E-state index in [1.165, 1.54) is 24.3 Å². The molecular formula is C12H15NO5S. The van der Waals surface area contributed by atoms with Crippen LogP contribution in [0.2, 0.25) is 0 Å². The van der Waals surface area contributed by atoms with Crippen molar-refractivity contribution in [3.8, 4) is 0 Å². The molecular weight excluding hydrogens is 270 g/mol. The summed E-state index contributed by atoms with van der Waals surface area (Å²) in [5.41, 5.74) is 0.0376. The Kier molecular flexibility index (Phi) is 4.18. The summed E-state index contributed by atoms with van der Waals surface area (Å²) in [4.78, 5) is 17.9. The van der Waals surface area contributed by atoms with E-state index >= 15 is 0 Å². The van der Waals surface area contributed by atoms with Crippen LogP contribution in [0.5, 0.6) is 0 Å². The molecule has 19 heavy (non-hydrogen) atoms. The van der Waals surface area contributed by atoms with Crippen molar-refractivity contribution in [1.82, 2.24) is 4.89 Å². The summed E-state index contributed by atoms with van der Waals surface area (Å²) in [6.07, 6.45) is 3.70. The lowest BCUT2D eigenvalue weighted by Crippen LogP contribution is -2.28. The molecule has 0 amide bonds. The molecule has 7 heteroatoms. The number of sulfonamides is 1. The zero-order valence-corrected chi connectivity index (χ0v) is 11.0. The number of rotatable bonds is 5. The lowest BCUT2D eigenvalue weighted by molar-refractivity contribution is 0.0223. The topological polar surface area (TPSA) is 92.7 Å². The standard InChI is InChI=1S/C12H15NO5S/c14-12(15)9-5-7-11(8-6-9)19(16,17)13-18-10-3-1-2-4-10/h5-8,10,13H,1-4H2,(H,14,15). The highest BCUT2D eigenvalue weighted by Gasteiger charge is 2.20. The molecule has 1 saturated carbocycles. The first-order valence-electron chi connectivity index (χ1n) is 6.00. The van der Waals surface area contributed by atoms with Crippen molar-refractivity contribution < 1.29 is 23.2 Å². The fraction of sp³-hybridized carbons (Fsp3) is 0.417. The molecule has 1 fully saturated rings. The largest absolute Gasteiger partial charge is 0.478 e. The minimum Gasteiger partial charge on any atom is -0.478 e. The van der Waals surface area contributed by atoms with Crippen molar-refractivity contribution in [2.45, 2.75) is 36.7 Å². The Morgan fingerprint density at radius 1 is 1.21 bits per heavy atom. The van der Waals surface area contributed by atoms with Crippen LogP contribution in [0.4, 0.5) is 0 Å². The monoisotopic (exact) mass is 285 g/mol. The summed E-state index contributed by atoms with van der Waals surface area (Å²) in [6.45, 7) is 0. The first kappa shape index (κ1) is 14.0. The number of hydrogen-bond acceptors (Lipinski definition) is 4. The van der Waals surface area contributed by atoms with Crippen LogP contribution in [0.15, 0.2) is 29.2 Å². The van der Waals surface area contributed by atoms with Crippen LogP contribution in [0, 0.1) is 0 Å². The average molecular weight is 285 g/mol. The van der Waals surface area contributed by atoms with Crippen LogP contribution in [0.3, 0.4) is 0 Å². The average Bonchev–Trinajstić information content (AvgIpc) is 2.90. The van der Waals surface area contributed by atoms with E-state index in [2.05, 4.69) is 4.89 Å². The molecule has 6 nitrogen and oxygen atoms in total. The third-order valence-corrected chi connectivity index (χ3v) is 4.25. The SMILES string of the molecule is O=C(O)c1ccc(S(=O)(=O)NOC2CCCC2)cc1. The Bertz CT molecular complexity index is 546. The molecule has 0 bridgehead atoms. The highest BCUT2D eigenvalue weighted by molar-refractivity contribution is 7.89. The molecule has 1 aromatic rings. The summed E-state index contributed by atoms with van der Waals surface area (Å²) in [5, 5.41) is 8.74. The zero-order valence-electron chi connectivity index (χ0n) is 10.2. The fourth-order valence-corrected chi connectivity index (χ4v) is 2.82. The van der Waals surface area contributed by atoms with E-state index < -0.39 is 16.0 Å². The third-order valence-electron chi connectivity index (χ3n) is 3.04. The number of carboxylic acid groups (broad SMARTS) is 1. The number of carbonyl (C=O) groups is 1. The number of carboxylic acids is 1. The number of aromatic carboxylic acids is 1. The molecule has 1 aliphatic carbocycles. The smallest absolute Gasteiger partial charge is 0.335 e. The van der Waals surface area contributed by atoms with Crippen LogP contribution < -0.4 is 4.89 Å². The van der Waals surface area contributed by atoms with Gasteiger partial charge in [-0.3, -0.25) is 4.84 Å². The lowest BCUT2D eigenvalue weighted by Gasteiger charge is -2.12. The van der Waals surface area contributed by atoms with Crippen LogP contribution in [-0.2, 0) is 14.9 Å². The van der Waals surface area contributed by atoms with Gasteiger partial charge in [0, 0.05) is 0 Å². The maximum Gasteiger partial charge on any atom is 0.335 e. The maximum atomic E-state index is 11.9. The lowest BCUT2D eigenvalue weighted by atomic mass is 10.2. The Morgan fingerprint density at radius 3 is 2.32 bits per heavy atom. The van der Waals surface area contributed by atoms with Crippen LogP contribution in [0.25, 0.3) is 0 Å². The fourth-order valence-electron chi connectivity index (χ4n) is 1.96. The van der Waals surface area contributed by atoms with Gasteiger partial charge in [0.1, 0.15) is 0 Å². The minimum absolute atomic E-state index is 0.0181. The summed E-state index contributed by atoms with van der Waals surface area (Å²) in [5.74, 6) is -1.10. The Balaban J connectivity index is 2.03. The van der Waals surface area contributed by atoms with Crippen molar-refractivity contribution in [2.75, 3.05) is 0 Å². The second-order valence-electron chi connectivity index (χ2n) is 4.44. The molecule has 0 spiro atoms. The molecule has 104 valence electrons. The van der Waals surface area contributed by atoms with E-state index in [1.54, 1.807) is 0 Å². The van der Waals surface area contributed by atoms with E-state index in [0.29, 0.717) is 0 Å². The van der Waals surface area contributed by atoms with Gasteiger partial charge >= 0.3 is 5.97 Å². The second kappa shape index (κ2) is 5.68. The van der Waals surface area contributed by atoms with E-state index in [4.69, 9.17) is 9.94 Å². The quantitative estimate of drug-likeness (QED) is 0.800. The van der Waals surface area contributed by atoms with Gasteiger partial charge in [0.25, 0.3) is 10.0 Å². The van der Waals surface area contributed by atoms with Crippen LogP contribution in [-0.4, -0.2) is 25.6 Å². The molecule has 1 aliphatic rings. The zero-order chi connectivity index (χ0) is 13.9. The van der Waals surface area contributed by atoms with Crippen molar-refractivity contribution in [3.05, 3.63) is 29.8 Å². The Labute approximate surface area is 111 Å². The first-order chi connectivity index (χ1) is 8.99. The van der Waals surface area contributed by atoms with Crippen LogP contribution in [0.1, 0.15) is 36.0 Å². The molecule has 0 saturated heterocycles. The van der Waals surface area contributed by atoms with Gasteiger partial charge in [-0.1, -0.05) is 17.7 Å². The number of benzene rings is 1. The number of nitrogens with one attached hydrogen (secondary N) is 1. The maximum absolute atomic E-state index is 11.9. The van der Waals surface area contributed by atoms with Gasteiger partial charge in [-0.15, -0.1) is 0 Å². The van der Waals surface area contributed by atoms with Gasteiger partial charge < -0.3 is 5.11 Å². The summed E-state index contributed by atoms with van der Waals surface area (Å²) in [6, 6.07) is 4.96. The highest BCUT2D eigenvalue weighted by Crippen LogP contribution is 2.20. The van der Waals surface area contributed by atoms with Gasteiger partial charge in [0.15, 0.2) is 0 Å². The van der Waals surface area contributed by atoms with Crippen molar-refractivity contribution in [3.63, 3.8) is 0 Å². The second-order valence-corrected chi connectivity index (χ2v) is 6.09. The molecule has 2 rings (SSSR count). The molecule has 0 radical (unpaired) electrons. The molecule has 2 N–H and O–H groups in total. The van der Waals surface area contributed by atoms with E-state index in [0.717, 1.165) is 25.7 Å². The summed E-state index contributed by atoms with van der Waals surface area (Å²) in [7, 11) is -3.76. The molecule has 1 aromatic carbocycles. The third kappa shape index (κ3) is 3.52. The summed E-state index contributed by atoms with van der Waals surface area (Å²) < 4.78 is 23.8. The van der Waals surface area contributed by atoms with E-state index in [1.807, 2.05) is 0 Å². The van der Waals surface area contributed by atoms with E-state index in [9.17, 15) is 13.2 Å². The van der Waals surface area contributed by atoms with Gasteiger partial charge in [0.05, 0.1) is 16.6 Å². The van der Waals surface area contributed by atoms with Crippen LogP contribution >= 0.6 is 0 Å². The van der Waals surface area contributed by atoms with Gasteiger partial charge in [-0.25, -0.2) is 13.2 Å².